The molecule has 18 heavy (non-hydrogen) atoms. The summed E-state index contributed by atoms with van der Waals surface area (Å²) < 4.78 is 0. The molecule has 1 aliphatic rings. The maximum Gasteiger partial charge on any atom is 0.253 e. The van der Waals surface area contributed by atoms with E-state index < -0.39 is 0 Å². The Morgan fingerprint density at radius 1 is 1.56 bits per heavy atom. The topological polar surface area (TPSA) is 52.6 Å². The van der Waals surface area contributed by atoms with Crippen LogP contribution < -0.4 is 5.32 Å². The van der Waals surface area contributed by atoms with Gasteiger partial charge >= 0.3 is 0 Å². The fourth-order valence-corrected chi connectivity index (χ4v) is 2.41. The molecule has 0 bridgehead atoms. The van der Waals surface area contributed by atoms with E-state index in [9.17, 15) is 9.90 Å². The van der Waals surface area contributed by atoms with E-state index in [2.05, 4.69) is 5.32 Å². The van der Waals surface area contributed by atoms with Crippen LogP contribution in [0.3, 0.4) is 0 Å². The SMILES string of the molecule is CN(CC1CCCNC1)C(=O)c1cccc(O)c1. The van der Waals surface area contributed by atoms with E-state index in [4.69, 9.17) is 0 Å². The van der Waals surface area contributed by atoms with Gasteiger partial charge in [0.2, 0.25) is 0 Å². The summed E-state index contributed by atoms with van der Waals surface area (Å²) in [5.74, 6) is 0.634. The van der Waals surface area contributed by atoms with Crippen LogP contribution >= 0.6 is 0 Å². The van der Waals surface area contributed by atoms with Crippen molar-refractivity contribution in [2.45, 2.75) is 12.8 Å². The molecular weight excluding hydrogens is 228 g/mol. The van der Waals surface area contributed by atoms with E-state index in [1.54, 1.807) is 23.1 Å². The number of rotatable bonds is 3. The van der Waals surface area contributed by atoms with Gasteiger partial charge in [0.05, 0.1) is 0 Å². The Morgan fingerprint density at radius 2 is 2.39 bits per heavy atom. The van der Waals surface area contributed by atoms with Crippen LogP contribution in [0.4, 0.5) is 0 Å². The van der Waals surface area contributed by atoms with Crippen LogP contribution in [-0.4, -0.2) is 42.6 Å². The van der Waals surface area contributed by atoms with Gasteiger partial charge in [-0.1, -0.05) is 6.07 Å². The number of carbonyl (C=O) groups is 1. The number of hydrogen-bond acceptors (Lipinski definition) is 3. The van der Waals surface area contributed by atoms with Crippen molar-refractivity contribution in [3.05, 3.63) is 29.8 Å². The highest BCUT2D eigenvalue weighted by molar-refractivity contribution is 5.94. The largest absolute Gasteiger partial charge is 0.508 e. The third-order valence-corrected chi connectivity index (χ3v) is 3.37. The first-order valence-corrected chi connectivity index (χ1v) is 6.42. The van der Waals surface area contributed by atoms with Crippen molar-refractivity contribution in [3.63, 3.8) is 0 Å². The zero-order valence-electron chi connectivity index (χ0n) is 10.7. The predicted molar refractivity (Wildman–Crippen MR) is 70.7 cm³/mol. The van der Waals surface area contributed by atoms with E-state index in [0.717, 1.165) is 19.6 Å². The summed E-state index contributed by atoms with van der Waals surface area (Å²) in [4.78, 5) is 13.9. The summed E-state index contributed by atoms with van der Waals surface area (Å²) in [6.45, 7) is 2.83. The van der Waals surface area contributed by atoms with Crippen molar-refractivity contribution in [3.8, 4) is 5.75 Å². The van der Waals surface area contributed by atoms with Crippen molar-refractivity contribution in [1.82, 2.24) is 10.2 Å². The number of amides is 1. The molecule has 2 rings (SSSR count). The number of phenols is 1. The molecule has 1 fully saturated rings. The first-order chi connectivity index (χ1) is 8.66. The molecule has 0 saturated carbocycles. The molecule has 1 aromatic carbocycles. The van der Waals surface area contributed by atoms with Crippen LogP contribution in [-0.2, 0) is 0 Å². The predicted octanol–water partition coefficient (Wildman–Crippen LogP) is 1.46. The van der Waals surface area contributed by atoms with Gasteiger partial charge in [-0.25, -0.2) is 0 Å². The van der Waals surface area contributed by atoms with Crippen molar-refractivity contribution >= 4 is 5.91 Å². The zero-order chi connectivity index (χ0) is 13.0. The molecule has 1 amide bonds. The van der Waals surface area contributed by atoms with Crippen LogP contribution in [0.25, 0.3) is 0 Å². The third kappa shape index (κ3) is 3.23. The van der Waals surface area contributed by atoms with E-state index in [0.29, 0.717) is 11.5 Å². The lowest BCUT2D eigenvalue weighted by atomic mass is 9.99. The van der Waals surface area contributed by atoms with Gasteiger partial charge in [-0.15, -0.1) is 0 Å². The lowest BCUT2D eigenvalue weighted by Crippen LogP contribution is -2.39. The molecule has 4 nitrogen and oxygen atoms in total. The number of phenolic OH excluding ortho intramolecular Hbond substituents is 1. The molecule has 0 spiro atoms. The van der Waals surface area contributed by atoms with Crippen molar-refractivity contribution in [1.29, 1.82) is 0 Å². The van der Waals surface area contributed by atoms with Crippen molar-refractivity contribution in [2.75, 3.05) is 26.7 Å². The molecule has 4 heteroatoms. The summed E-state index contributed by atoms with van der Waals surface area (Å²) in [5.41, 5.74) is 0.543. The monoisotopic (exact) mass is 248 g/mol. The zero-order valence-corrected chi connectivity index (χ0v) is 10.7. The van der Waals surface area contributed by atoms with Gasteiger partial charge < -0.3 is 15.3 Å². The minimum absolute atomic E-state index is 0.0310. The van der Waals surface area contributed by atoms with Crippen molar-refractivity contribution in [2.24, 2.45) is 5.92 Å². The smallest absolute Gasteiger partial charge is 0.253 e. The quantitative estimate of drug-likeness (QED) is 0.851. The summed E-state index contributed by atoms with van der Waals surface area (Å²) in [6.07, 6.45) is 2.35. The van der Waals surface area contributed by atoms with Gasteiger partial charge in [0.1, 0.15) is 5.75 Å². The second-order valence-corrected chi connectivity index (χ2v) is 4.95. The minimum Gasteiger partial charge on any atom is -0.508 e. The van der Waals surface area contributed by atoms with E-state index in [1.807, 2.05) is 7.05 Å². The minimum atomic E-state index is -0.0310. The molecule has 2 N–H and O–H groups in total. The molecule has 1 aliphatic heterocycles. The Bertz CT molecular complexity index is 414. The highest BCUT2D eigenvalue weighted by Gasteiger charge is 2.19. The van der Waals surface area contributed by atoms with E-state index in [1.165, 1.54) is 18.9 Å². The molecule has 1 atom stereocenters. The molecule has 1 saturated heterocycles. The molecule has 1 unspecified atom stereocenters. The molecule has 1 aromatic rings. The molecule has 1 heterocycles. The Kier molecular flexibility index (Phi) is 4.20. The summed E-state index contributed by atoms with van der Waals surface area (Å²) in [5, 5.41) is 12.7. The average Bonchev–Trinajstić information content (AvgIpc) is 2.39. The van der Waals surface area contributed by atoms with E-state index in [-0.39, 0.29) is 11.7 Å². The normalized spacial score (nSPS) is 19.5. The Labute approximate surface area is 108 Å². The van der Waals surface area contributed by atoms with Crippen LogP contribution in [0.15, 0.2) is 24.3 Å². The Morgan fingerprint density at radius 3 is 3.06 bits per heavy atom. The highest BCUT2D eigenvalue weighted by Crippen LogP contribution is 2.15. The number of carbonyl (C=O) groups excluding carboxylic acids is 1. The second-order valence-electron chi connectivity index (χ2n) is 4.95. The fourth-order valence-electron chi connectivity index (χ4n) is 2.41. The Hall–Kier alpha value is -1.55. The van der Waals surface area contributed by atoms with Crippen LogP contribution in [0, 0.1) is 5.92 Å². The summed E-state index contributed by atoms with van der Waals surface area (Å²) in [6, 6.07) is 6.51. The average molecular weight is 248 g/mol. The van der Waals surface area contributed by atoms with Crippen LogP contribution in [0.2, 0.25) is 0 Å². The molecular formula is C14H20N2O2. The lowest BCUT2D eigenvalue weighted by Gasteiger charge is -2.27. The van der Waals surface area contributed by atoms with E-state index >= 15 is 0 Å². The van der Waals surface area contributed by atoms with Crippen LogP contribution in [0.5, 0.6) is 5.75 Å². The third-order valence-electron chi connectivity index (χ3n) is 3.37. The molecule has 0 aliphatic carbocycles. The maximum atomic E-state index is 12.2. The Balaban J connectivity index is 1.95. The first-order valence-electron chi connectivity index (χ1n) is 6.42. The number of hydrogen-bond donors (Lipinski definition) is 2. The number of benzene rings is 1. The standard InChI is InChI=1S/C14H20N2O2/c1-16(10-11-4-3-7-15-9-11)14(18)12-5-2-6-13(17)8-12/h2,5-6,8,11,15,17H,3-4,7,9-10H2,1H3. The first kappa shape index (κ1) is 12.9. The highest BCUT2D eigenvalue weighted by atomic mass is 16.3. The van der Waals surface area contributed by atoms with Gasteiger partial charge in [0, 0.05) is 19.2 Å². The number of nitrogens with zero attached hydrogens (tertiary/aromatic N) is 1. The van der Waals surface area contributed by atoms with Crippen molar-refractivity contribution < 1.29 is 9.90 Å². The number of piperidine rings is 1. The van der Waals surface area contributed by atoms with Gasteiger partial charge in [-0.2, -0.15) is 0 Å². The summed E-state index contributed by atoms with van der Waals surface area (Å²) in [7, 11) is 1.82. The maximum absolute atomic E-state index is 12.2. The van der Waals surface area contributed by atoms with Gasteiger partial charge in [-0.05, 0) is 50.0 Å². The molecule has 0 radical (unpaired) electrons. The molecule has 0 aromatic heterocycles. The van der Waals surface area contributed by atoms with Gasteiger partial charge in [0.25, 0.3) is 5.91 Å². The fraction of sp³-hybridized carbons (Fsp3) is 0.500. The summed E-state index contributed by atoms with van der Waals surface area (Å²) >= 11 is 0. The molecule has 98 valence electrons. The number of nitrogens with one attached hydrogen (secondary N) is 1. The number of aromatic hydroxyl groups is 1. The second kappa shape index (κ2) is 5.87. The van der Waals surface area contributed by atoms with Crippen LogP contribution in [0.1, 0.15) is 23.2 Å². The van der Waals surface area contributed by atoms with Gasteiger partial charge in [-0.3, -0.25) is 4.79 Å². The van der Waals surface area contributed by atoms with Gasteiger partial charge in [0.15, 0.2) is 0 Å². The lowest BCUT2D eigenvalue weighted by molar-refractivity contribution is 0.0764.